The second kappa shape index (κ2) is 8.84. The first-order valence-corrected chi connectivity index (χ1v) is 10.6. The van der Waals surface area contributed by atoms with E-state index in [2.05, 4.69) is 14.9 Å². The van der Waals surface area contributed by atoms with Gasteiger partial charge in [-0.25, -0.2) is 9.97 Å². The Morgan fingerprint density at radius 1 is 1.09 bits per heavy atom. The third-order valence-corrected chi connectivity index (χ3v) is 6.09. The first-order chi connectivity index (χ1) is 15.1. The van der Waals surface area contributed by atoms with Crippen LogP contribution in [0.1, 0.15) is 21.9 Å². The summed E-state index contributed by atoms with van der Waals surface area (Å²) in [6.07, 6.45) is -5.37. The van der Waals surface area contributed by atoms with Crippen molar-refractivity contribution in [3.05, 3.63) is 52.4 Å². The number of hydrogen-bond donors (Lipinski definition) is 1. The largest absolute Gasteiger partial charge is 0.451 e. The number of aromatic nitrogens is 2. The number of alkyl halides is 3. The van der Waals surface area contributed by atoms with Crippen molar-refractivity contribution < 1.29 is 23.1 Å². The molecule has 1 amide bonds. The molecule has 2 fully saturated rings. The van der Waals surface area contributed by atoms with E-state index < -0.39 is 18.1 Å². The number of benzene rings is 1. The molecule has 2 aliphatic rings. The molecule has 0 saturated carbocycles. The number of anilines is 1. The summed E-state index contributed by atoms with van der Waals surface area (Å²) < 4.78 is 39.3. The van der Waals surface area contributed by atoms with Crippen LogP contribution in [0.2, 0.25) is 5.02 Å². The van der Waals surface area contributed by atoms with Crippen LogP contribution in [0.3, 0.4) is 0 Å². The molecule has 4 rings (SSSR count). The van der Waals surface area contributed by atoms with Crippen molar-refractivity contribution in [2.45, 2.75) is 25.2 Å². The zero-order valence-corrected chi connectivity index (χ0v) is 18.1. The van der Waals surface area contributed by atoms with Crippen LogP contribution in [-0.2, 0) is 6.18 Å². The van der Waals surface area contributed by atoms with Crippen molar-refractivity contribution in [2.24, 2.45) is 0 Å². The molecule has 1 N–H and O–H groups in total. The molecule has 0 aliphatic carbocycles. The predicted octanol–water partition coefficient (Wildman–Crippen LogP) is 2.46. The molecule has 1 aromatic heterocycles. The summed E-state index contributed by atoms with van der Waals surface area (Å²) in [4.78, 5) is 25.3. The lowest BCUT2D eigenvalue weighted by Gasteiger charge is -2.38. The SMILES string of the molecule is Cc1cc(N2CC(O)C(N3CCN(C(=O)c4ccc(Cl)cc4)CC3)C2)nc(C(F)(F)F)n1. The van der Waals surface area contributed by atoms with E-state index in [0.29, 0.717) is 43.3 Å². The highest BCUT2D eigenvalue weighted by Gasteiger charge is 2.40. The van der Waals surface area contributed by atoms with Crippen molar-refractivity contribution in [3.8, 4) is 0 Å². The van der Waals surface area contributed by atoms with E-state index in [1.54, 1.807) is 34.1 Å². The van der Waals surface area contributed by atoms with Gasteiger partial charge in [-0.1, -0.05) is 11.6 Å². The van der Waals surface area contributed by atoms with E-state index in [-0.39, 0.29) is 30.0 Å². The van der Waals surface area contributed by atoms with Crippen LogP contribution in [0.5, 0.6) is 0 Å². The number of halogens is 4. The van der Waals surface area contributed by atoms with Gasteiger partial charge in [0.15, 0.2) is 0 Å². The number of nitrogens with zero attached hydrogens (tertiary/aromatic N) is 5. The Morgan fingerprint density at radius 3 is 2.38 bits per heavy atom. The molecule has 0 spiro atoms. The van der Waals surface area contributed by atoms with Gasteiger partial charge in [0, 0.05) is 61.6 Å². The normalized spacial score (nSPS) is 22.4. The number of piperazine rings is 1. The van der Waals surface area contributed by atoms with Gasteiger partial charge in [0.05, 0.1) is 12.1 Å². The van der Waals surface area contributed by atoms with Gasteiger partial charge in [-0.2, -0.15) is 13.2 Å². The predicted molar refractivity (Wildman–Crippen MR) is 113 cm³/mol. The monoisotopic (exact) mass is 469 g/mol. The molecule has 2 unspecified atom stereocenters. The summed E-state index contributed by atoms with van der Waals surface area (Å²) in [7, 11) is 0. The average molecular weight is 470 g/mol. The highest BCUT2D eigenvalue weighted by atomic mass is 35.5. The van der Waals surface area contributed by atoms with Crippen LogP contribution in [0.15, 0.2) is 30.3 Å². The minimum atomic E-state index is -4.63. The fourth-order valence-corrected chi connectivity index (χ4v) is 4.31. The summed E-state index contributed by atoms with van der Waals surface area (Å²) in [5.74, 6) is -1.10. The molecule has 2 saturated heterocycles. The fourth-order valence-electron chi connectivity index (χ4n) is 4.19. The minimum Gasteiger partial charge on any atom is -0.390 e. The highest BCUT2D eigenvalue weighted by Crippen LogP contribution is 2.30. The average Bonchev–Trinajstić information content (AvgIpc) is 3.14. The van der Waals surface area contributed by atoms with Crippen LogP contribution >= 0.6 is 11.6 Å². The standard InChI is InChI=1S/C21H23ClF3N5O2/c1-13-10-18(27-20(26-13)21(23,24)25)30-11-16(17(31)12-30)28-6-8-29(9-7-28)19(32)14-2-4-15(22)5-3-14/h2-5,10,16-17,31H,6-9,11-12H2,1H3. The second-order valence-electron chi connectivity index (χ2n) is 8.06. The lowest BCUT2D eigenvalue weighted by molar-refractivity contribution is -0.145. The third kappa shape index (κ3) is 4.82. The van der Waals surface area contributed by atoms with Crippen molar-refractivity contribution >= 4 is 23.3 Å². The van der Waals surface area contributed by atoms with Crippen LogP contribution in [-0.4, -0.2) is 82.2 Å². The summed E-state index contributed by atoms with van der Waals surface area (Å²) >= 11 is 5.88. The van der Waals surface area contributed by atoms with E-state index >= 15 is 0 Å². The number of amides is 1. The molecule has 1 aromatic carbocycles. The Bertz CT molecular complexity index is 980. The van der Waals surface area contributed by atoms with E-state index in [4.69, 9.17) is 11.6 Å². The van der Waals surface area contributed by atoms with Crippen molar-refractivity contribution in [1.29, 1.82) is 0 Å². The van der Waals surface area contributed by atoms with Gasteiger partial charge in [-0.3, -0.25) is 9.69 Å². The summed E-state index contributed by atoms with van der Waals surface area (Å²) in [5, 5.41) is 11.2. The Labute approximate surface area is 188 Å². The molecule has 7 nitrogen and oxygen atoms in total. The van der Waals surface area contributed by atoms with Gasteiger partial charge in [-0.05, 0) is 31.2 Å². The minimum absolute atomic E-state index is 0.0777. The number of aliphatic hydroxyl groups is 1. The molecule has 11 heteroatoms. The third-order valence-electron chi connectivity index (χ3n) is 5.84. The van der Waals surface area contributed by atoms with Gasteiger partial charge in [0.2, 0.25) is 5.82 Å². The quantitative estimate of drug-likeness (QED) is 0.744. The summed E-state index contributed by atoms with van der Waals surface area (Å²) in [6.45, 7) is 4.13. The number of rotatable bonds is 3. The number of carbonyl (C=O) groups is 1. The first-order valence-electron chi connectivity index (χ1n) is 10.3. The van der Waals surface area contributed by atoms with Crippen molar-refractivity contribution in [1.82, 2.24) is 19.8 Å². The molecule has 0 bridgehead atoms. The van der Waals surface area contributed by atoms with Gasteiger partial charge in [0.25, 0.3) is 5.91 Å². The molecule has 3 heterocycles. The maximum absolute atomic E-state index is 13.1. The maximum Gasteiger partial charge on any atom is 0.451 e. The molecule has 0 radical (unpaired) electrons. The van der Waals surface area contributed by atoms with Crippen LogP contribution in [0.25, 0.3) is 0 Å². The fraction of sp³-hybridized carbons (Fsp3) is 0.476. The number of aryl methyl sites for hydroxylation is 1. The Balaban J connectivity index is 1.39. The molecule has 172 valence electrons. The topological polar surface area (TPSA) is 72.8 Å². The van der Waals surface area contributed by atoms with Gasteiger partial charge >= 0.3 is 6.18 Å². The van der Waals surface area contributed by atoms with Gasteiger partial charge < -0.3 is 14.9 Å². The van der Waals surface area contributed by atoms with Gasteiger partial charge in [0.1, 0.15) is 5.82 Å². The van der Waals surface area contributed by atoms with E-state index in [9.17, 15) is 23.1 Å². The maximum atomic E-state index is 13.1. The van der Waals surface area contributed by atoms with E-state index in [1.165, 1.54) is 13.0 Å². The highest BCUT2D eigenvalue weighted by molar-refractivity contribution is 6.30. The molecular weight excluding hydrogens is 447 g/mol. The Hall–Kier alpha value is -2.43. The van der Waals surface area contributed by atoms with Crippen LogP contribution in [0, 0.1) is 6.92 Å². The van der Waals surface area contributed by atoms with E-state index in [1.807, 2.05) is 0 Å². The summed E-state index contributed by atoms with van der Waals surface area (Å²) in [6, 6.07) is 7.96. The van der Waals surface area contributed by atoms with Gasteiger partial charge in [-0.15, -0.1) is 0 Å². The molecule has 2 aromatic rings. The first kappa shape index (κ1) is 22.8. The molecule has 32 heavy (non-hydrogen) atoms. The zero-order valence-electron chi connectivity index (χ0n) is 17.4. The van der Waals surface area contributed by atoms with Crippen molar-refractivity contribution in [2.75, 3.05) is 44.2 Å². The summed E-state index contributed by atoms with van der Waals surface area (Å²) in [5.41, 5.74) is 0.782. The molecular formula is C21H23ClF3N5O2. The van der Waals surface area contributed by atoms with Crippen molar-refractivity contribution in [3.63, 3.8) is 0 Å². The zero-order chi connectivity index (χ0) is 23.0. The second-order valence-corrected chi connectivity index (χ2v) is 8.50. The van der Waals surface area contributed by atoms with Crippen LogP contribution in [0.4, 0.5) is 19.0 Å². The number of aliphatic hydroxyl groups excluding tert-OH is 1. The smallest absolute Gasteiger partial charge is 0.390 e. The molecule has 2 atom stereocenters. The van der Waals surface area contributed by atoms with E-state index in [0.717, 1.165) is 0 Å². The Morgan fingerprint density at radius 2 is 1.75 bits per heavy atom. The number of β-amino-alcohol motifs (C(OH)–C–C–N with tert-alkyl or cyclic N) is 1. The number of hydrogen-bond acceptors (Lipinski definition) is 6. The Kier molecular flexibility index (Phi) is 6.28. The van der Waals surface area contributed by atoms with Crippen LogP contribution < -0.4 is 4.90 Å². The number of carbonyl (C=O) groups excluding carboxylic acids is 1. The lowest BCUT2D eigenvalue weighted by Crippen LogP contribution is -2.54. The molecule has 2 aliphatic heterocycles. The lowest BCUT2D eigenvalue weighted by atomic mass is 10.1.